The minimum absolute atomic E-state index is 0.0760. The third-order valence-electron chi connectivity index (χ3n) is 7.45. The fraction of sp³-hybridized carbons (Fsp3) is 0.483. The monoisotopic (exact) mass is 563 g/mol. The first-order chi connectivity index (χ1) is 18.6. The van der Waals surface area contributed by atoms with Crippen LogP contribution in [0.25, 0.3) is 0 Å². The predicted octanol–water partition coefficient (Wildman–Crippen LogP) is 3.25. The number of phenolic OH excluding ortho intramolecular Hbond substituents is 1. The molecule has 1 heterocycles. The van der Waals surface area contributed by atoms with Gasteiger partial charge in [-0.25, -0.2) is 13.2 Å². The van der Waals surface area contributed by atoms with Gasteiger partial charge in [0.05, 0.1) is 18.0 Å². The highest BCUT2D eigenvalue weighted by molar-refractivity contribution is 5.97. The molecule has 0 unspecified atom stereocenters. The van der Waals surface area contributed by atoms with Gasteiger partial charge in [0.1, 0.15) is 17.6 Å². The summed E-state index contributed by atoms with van der Waals surface area (Å²) in [5.74, 6) is -6.86. The lowest BCUT2D eigenvalue weighted by molar-refractivity contribution is -0.148. The van der Waals surface area contributed by atoms with Crippen molar-refractivity contribution in [2.45, 2.75) is 71.6 Å². The molecule has 3 rings (SSSR count). The zero-order valence-electron chi connectivity index (χ0n) is 23.2. The van der Waals surface area contributed by atoms with Crippen LogP contribution in [0.2, 0.25) is 0 Å². The van der Waals surface area contributed by atoms with E-state index < -0.39 is 59.6 Å². The van der Waals surface area contributed by atoms with Gasteiger partial charge >= 0.3 is 0 Å². The number of nitrogens with zero attached hydrogens (tertiary/aromatic N) is 1. The molecule has 2 aromatic carbocycles. The van der Waals surface area contributed by atoms with Crippen molar-refractivity contribution < 1.29 is 37.8 Å². The second kappa shape index (κ2) is 11.9. The first kappa shape index (κ1) is 30.9. The van der Waals surface area contributed by atoms with E-state index in [4.69, 9.17) is 0 Å². The summed E-state index contributed by atoms with van der Waals surface area (Å²) in [6.07, 6.45) is -1.74. The maximum Gasteiger partial charge on any atom is 0.272 e. The zero-order valence-corrected chi connectivity index (χ0v) is 23.2. The molecule has 0 aliphatic carbocycles. The van der Waals surface area contributed by atoms with Gasteiger partial charge in [-0.1, -0.05) is 32.9 Å². The van der Waals surface area contributed by atoms with Crippen LogP contribution in [0.1, 0.15) is 54.2 Å². The van der Waals surface area contributed by atoms with Gasteiger partial charge in [0.25, 0.3) is 17.7 Å². The molecular formula is C29H36F3N3O5. The van der Waals surface area contributed by atoms with Gasteiger partial charge < -0.3 is 25.7 Å². The van der Waals surface area contributed by atoms with Crippen LogP contribution < -0.4 is 10.6 Å². The number of alkyl halides is 2. The van der Waals surface area contributed by atoms with Crippen LogP contribution in [0.4, 0.5) is 13.2 Å². The van der Waals surface area contributed by atoms with E-state index in [9.17, 15) is 29.0 Å². The Morgan fingerprint density at radius 2 is 1.82 bits per heavy atom. The lowest BCUT2D eigenvalue weighted by Crippen LogP contribution is -2.57. The summed E-state index contributed by atoms with van der Waals surface area (Å²) in [6, 6.07) is 5.30. The number of nitrogens with one attached hydrogen (secondary N) is 2. The molecule has 1 saturated heterocycles. The SMILES string of the molecule is CCCNC(=O)[C@H]1N(C(=O)[C@@H](O)[C@H](Cc2cccc(F)c2)NC(=O)c2cc(C)cc(O)c2C)CC(F)(F)C1(C)C. The summed E-state index contributed by atoms with van der Waals surface area (Å²) in [7, 11) is 0. The molecule has 0 bridgehead atoms. The topological polar surface area (TPSA) is 119 Å². The highest BCUT2D eigenvalue weighted by Crippen LogP contribution is 2.48. The number of phenols is 1. The molecule has 3 amide bonds. The van der Waals surface area contributed by atoms with Crippen molar-refractivity contribution in [3.8, 4) is 5.75 Å². The summed E-state index contributed by atoms with van der Waals surface area (Å²) < 4.78 is 44.1. The van der Waals surface area contributed by atoms with E-state index in [-0.39, 0.29) is 29.8 Å². The molecule has 4 N–H and O–H groups in total. The second-order valence-corrected chi connectivity index (χ2v) is 10.9. The fourth-order valence-electron chi connectivity index (χ4n) is 4.94. The number of aliphatic hydroxyl groups excluding tert-OH is 1. The van der Waals surface area contributed by atoms with E-state index in [0.29, 0.717) is 22.4 Å². The number of halogens is 3. The Kier molecular flexibility index (Phi) is 9.18. The molecule has 0 spiro atoms. The van der Waals surface area contributed by atoms with Crippen LogP contribution in [0, 0.1) is 25.1 Å². The molecule has 218 valence electrons. The highest BCUT2D eigenvalue weighted by Gasteiger charge is 2.64. The molecule has 11 heteroatoms. The molecule has 1 aliphatic rings. The smallest absolute Gasteiger partial charge is 0.272 e. The lowest BCUT2D eigenvalue weighted by Gasteiger charge is -2.34. The molecular weight excluding hydrogens is 527 g/mol. The van der Waals surface area contributed by atoms with Gasteiger partial charge in [0, 0.05) is 17.7 Å². The number of carbonyl (C=O) groups is 3. The highest BCUT2D eigenvalue weighted by atomic mass is 19.3. The number of benzene rings is 2. The molecule has 2 aromatic rings. The number of aromatic hydroxyl groups is 1. The summed E-state index contributed by atoms with van der Waals surface area (Å²) in [5, 5.41) is 26.5. The van der Waals surface area contributed by atoms with Gasteiger partial charge in [0.2, 0.25) is 5.91 Å². The zero-order chi connectivity index (χ0) is 30.0. The number of hydrogen-bond donors (Lipinski definition) is 4. The molecule has 1 aliphatic heterocycles. The number of carbonyl (C=O) groups excluding carboxylic acids is 3. The third-order valence-corrected chi connectivity index (χ3v) is 7.45. The van der Waals surface area contributed by atoms with Crippen molar-refractivity contribution in [2.24, 2.45) is 5.41 Å². The fourth-order valence-corrected chi connectivity index (χ4v) is 4.94. The largest absolute Gasteiger partial charge is 0.508 e. The van der Waals surface area contributed by atoms with E-state index in [0.717, 1.165) is 6.07 Å². The predicted molar refractivity (Wildman–Crippen MR) is 142 cm³/mol. The summed E-state index contributed by atoms with van der Waals surface area (Å²) in [6.45, 7) is 6.44. The Labute approximate surface area is 231 Å². The van der Waals surface area contributed by atoms with E-state index in [1.54, 1.807) is 13.8 Å². The Morgan fingerprint density at radius 3 is 2.45 bits per heavy atom. The molecule has 0 radical (unpaired) electrons. The Balaban J connectivity index is 1.98. The van der Waals surface area contributed by atoms with E-state index in [1.807, 2.05) is 0 Å². The van der Waals surface area contributed by atoms with E-state index in [2.05, 4.69) is 10.6 Å². The molecule has 40 heavy (non-hydrogen) atoms. The average Bonchev–Trinajstić information content (AvgIpc) is 3.06. The normalized spacial score (nSPS) is 19.1. The molecule has 1 fully saturated rings. The minimum Gasteiger partial charge on any atom is -0.508 e. The van der Waals surface area contributed by atoms with Crippen LogP contribution in [0.15, 0.2) is 36.4 Å². The summed E-state index contributed by atoms with van der Waals surface area (Å²) in [4.78, 5) is 40.5. The molecule has 3 atom stereocenters. The summed E-state index contributed by atoms with van der Waals surface area (Å²) >= 11 is 0. The van der Waals surface area contributed by atoms with Crippen LogP contribution in [-0.4, -0.2) is 70.0 Å². The Morgan fingerprint density at radius 1 is 1.15 bits per heavy atom. The number of amides is 3. The van der Waals surface area contributed by atoms with Gasteiger partial charge in [-0.3, -0.25) is 14.4 Å². The number of rotatable bonds is 9. The number of hydrogen-bond acceptors (Lipinski definition) is 5. The van der Waals surface area contributed by atoms with Crippen molar-refractivity contribution >= 4 is 17.7 Å². The van der Waals surface area contributed by atoms with Gasteiger partial charge in [-0.15, -0.1) is 0 Å². The molecule has 8 nitrogen and oxygen atoms in total. The molecule has 0 aromatic heterocycles. The van der Waals surface area contributed by atoms with E-state index >= 15 is 8.78 Å². The Bertz CT molecular complexity index is 1280. The van der Waals surface area contributed by atoms with Crippen molar-refractivity contribution in [2.75, 3.05) is 13.1 Å². The Hall–Kier alpha value is -3.60. The lowest BCUT2D eigenvalue weighted by atomic mass is 9.81. The second-order valence-electron chi connectivity index (χ2n) is 10.9. The minimum atomic E-state index is -3.45. The first-order valence-corrected chi connectivity index (χ1v) is 13.1. The summed E-state index contributed by atoms with van der Waals surface area (Å²) in [5.41, 5.74) is -0.717. The number of likely N-dealkylation sites (tertiary alicyclic amines) is 1. The van der Waals surface area contributed by atoms with Gasteiger partial charge in [-0.2, -0.15) is 0 Å². The quantitative estimate of drug-likeness (QED) is 0.374. The van der Waals surface area contributed by atoms with Crippen LogP contribution in [0.5, 0.6) is 5.75 Å². The maximum absolute atomic E-state index is 15.1. The van der Waals surface area contributed by atoms with Crippen LogP contribution in [0.3, 0.4) is 0 Å². The standard InChI is InChI=1S/C29H36F3N3O5/c1-6-10-33-26(39)24-28(4,5)29(31,32)15-35(24)27(40)23(37)21(14-18-8-7-9-19(30)13-18)34-25(38)20-11-16(2)12-22(36)17(20)3/h7-9,11-13,21,23-24,36-37H,6,10,14-15H2,1-5H3,(H,33,39)(H,34,38)/t21-,23-,24+/m0/s1. The average molecular weight is 564 g/mol. The third kappa shape index (κ3) is 6.24. The van der Waals surface area contributed by atoms with E-state index in [1.165, 1.54) is 51.1 Å². The van der Waals surface area contributed by atoms with Crippen molar-refractivity contribution in [1.29, 1.82) is 0 Å². The number of aryl methyl sites for hydroxylation is 1. The molecule has 0 saturated carbocycles. The van der Waals surface area contributed by atoms with Gasteiger partial charge in [-0.05, 0) is 62.1 Å². The maximum atomic E-state index is 15.1. The van der Waals surface area contributed by atoms with Crippen molar-refractivity contribution in [1.82, 2.24) is 15.5 Å². The van der Waals surface area contributed by atoms with Crippen LogP contribution >= 0.6 is 0 Å². The van der Waals surface area contributed by atoms with Crippen molar-refractivity contribution in [3.05, 3.63) is 64.5 Å². The number of aliphatic hydroxyl groups is 1. The van der Waals surface area contributed by atoms with Gasteiger partial charge in [0.15, 0.2) is 6.10 Å². The van der Waals surface area contributed by atoms with Crippen LogP contribution in [-0.2, 0) is 16.0 Å². The first-order valence-electron chi connectivity index (χ1n) is 13.1. The van der Waals surface area contributed by atoms with Crippen molar-refractivity contribution in [3.63, 3.8) is 0 Å².